The summed E-state index contributed by atoms with van der Waals surface area (Å²) in [7, 11) is 0. The van der Waals surface area contributed by atoms with Gasteiger partial charge in [0, 0.05) is 6.20 Å². The minimum atomic E-state index is -5.64. The summed E-state index contributed by atoms with van der Waals surface area (Å²) in [5, 5.41) is 8.44. The molecule has 4 nitrogen and oxygen atoms in total. The maximum absolute atomic E-state index is 12.9. The summed E-state index contributed by atoms with van der Waals surface area (Å²) in [4.78, 5) is 13.0. The average Bonchev–Trinajstić information content (AvgIpc) is 2.16. The summed E-state index contributed by atoms with van der Waals surface area (Å²) in [6, 6.07) is 0. The fraction of sp³-hybridized carbons (Fsp3) is 0.250. The molecule has 0 aliphatic carbocycles. The summed E-state index contributed by atoms with van der Waals surface area (Å²) in [5.74, 6) is -6.79. The van der Waals surface area contributed by atoms with Crippen LogP contribution in [0, 0.1) is 5.95 Å². The Labute approximate surface area is 99.0 Å². The van der Waals surface area contributed by atoms with E-state index in [1.54, 1.807) is 0 Å². The van der Waals surface area contributed by atoms with Crippen LogP contribution in [-0.2, 0) is 6.18 Å². The Hall–Kier alpha value is -2.07. The summed E-state index contributed by atoms with van der Waals surface area (Å²) < 4.78 is 89.0. The van der Waals surface area contributed by atoms with Crippen molar-refractivity contribution in [3.8, 4) is 5.75 Å². The van der Waals surface area contributed by atoms with E-state index in [1.165, 1.54) is 0 Å². The van der Waals surface area contributed by atoms with Crippen LogP contribution in [0.3, 0.4) is 0 Å². The standard InChI is InChI=1S/C8H2F7NO3/c9-5-4(19-8(13,14)15)3(7(10,11)12)2(1-16-5)6(17)18/h1H,(H,17,18). The molecule has 1 aromatic rings. The molecule has 11 heteroatoms. The summed E-state index contributed by atoms with van der Waals surface area (Å²) in [6.45, 7) is 0. The number of nitrogens with zero attached hydrogens (tertiary/aromatic N) is 1. The molecule has 0 radical (unpaired) electrons. The monoisotopic (exact) mass is 293 g/mol. The van der Waals surface area contributed by atoms with Gasteiger partial charge in [0.05, 0.1) is 5.56 Å². The predicted octanol–water partition coefficient (Wildman–Crippen LogP) is 2.84. The number of hydrogen-bond donors (Lipinski definition) is 1. The molecule has 0 saturated carbocycles. The van der Waals surface area contributed by atoms with Gasteiger partial charge in [-0.3, -0.25) is 0 Å². The van der Waals surface area contributed by atoms with E-state index in [0.29, 0.717) is 0 Å². The van der Waals surface area contributed by atoms with E-state index < -0.39 is 41.3 Å². The van der Waals surface area contributed by atoms with Crippen LogP contribution >= 0.6 is 0 Å². The third kappa shape index (κ3) is 3.45. The van der Waals surface area contributed by atoms with Gasteiger partial charge in [-0.15, -0.1) is 13.2 Å². The molecule has 0 unspecified atom stereocenters. The first-order valence-electron chi connectivity index (χ1n) is 4.18. The minimum absolute atomic E-state index is 0.0519. The lowest BCUT2D eigenvalue weighted by molar-refractivity contribution is -0.277. The van der Waals surface area contributed by atoms with Crippen LogP contribution in [0.4, 0.5) is 30.7 Å². The Balaban J connectivity index is 3.59. The smallest absolute Gasteiger partial charge is 0.478 e. The van der Waals surface area contributed by atoms with Gasteiger partial charge in [-0.25, -0.2) is 9.78 Å². The highest BCUT2D eigenvalue weighted by Gasteiger charge is 2.44. The zero-order valence-corrected chi connectivity index (χ0v) is 8.43. The zero-order valence-electron chi connectivity index (χ0n) is 8.43. The molecule has 0 atom stereocenters. The molecule has 0 spiro atoms. The molecule has 0 saturated heterocycles. The van der Waals surface area contributed by atoms with Crippen molar-refractivity contribution in [2.24, 2.45) is 0 Å². The molecule has 0 bridgehead atoms. The number of aromatic carboxylic acids is 1. The summed E-state index contributed by atoms with van der Waals surface area (Å²) >= 11 is 0. The van der Waals surface area contributed by atoms with Gasteiger partial charge in [-0.05, 0) is 0 Å². The number of halogens is 7. The Morgan fingerprint density at radius 3 is 2.11 bits per heavy atom. The van der Waals surface area contributed by atoms with Gasteiger partial charge in [0.15, 0.2) is 5.75 Å². The van der Waals surface area contributed by atoms with Crippen LogP contribution in [0.15, 0.2) is 6.20 Å². The van der Waals surface area contributed by atoms with Crippen molar-refractivity contribution < 1.29 is 45.4 Å². The lowest BCUT2D eigenvalue weighted by atomic mass is 10.1. The van der Waals surface area contributed by atoms with Gasteiger partial charge in [0.25, 0.3) is 5.95 Å². The zero-order chi connectivity index (χ0) is 15.0. The van der Waals surface area contributed by atoms with Gasteiger partial charge in [-0.2, -0.15) is 17.6 Å². The SMILES string of the molecule is O=C(O)c1cnc(F)c(OC(F)(F)F)c1C(F)(F)F. The van der Waals surface area contributed by atoms with E-state index in [2.05, 4.69) is 9.72 Å². The number of carbonyl (C=O) groups is 1. The number of alkyl halides is 6. The predicted molar refractivity (Wildman–Crippen MR) is 42.8 cm³/mol. The number of aromatic nitrogens is 1. The topological polar surface area (TPSA) is 59.4 Å². The third-order valence-corrected chi connectivity index (χ3v) is 1.72. The number of hydrogen-bond acceptors (Lipinski definition) is 3. The maximum Gasteiger partial charge on any atom is 0.573 e. The van der Waals surface area contributed by atoms with Crippen molar-refractivity contribution in [2.45, 2.75) is 12.5 Å². The Morgan fingerprint density at radius 1 is 1.21 bits per heavy atom. The molecule has 1 rings (SSSR count). The van der Waals surface area contributed by atoms with Crippen LogP contribution in [0.25, 0.3) is 0 Å². The second kappa shape index (κ2) is 4.55. The second-order valence-electron chi connectivity index (χ2n) is 3.02. The van der Waals surface area contributed by atoms with Crippen LogP contribution in [-0.4, -0.2) is 22.4 Å². The molecule has 0 aliphatic rings. The molecule has 1 N–H and O–H groups in total. The highest BCUT2D eigenvalue weighted by molar-refractivity contribution is 5.90. The lowest BCUT2D eigenvalue weighted by Gasteiger charge is -2.16. The number of rotatable bonds is 2. The molecular weight excluding hydrogens is 291 g/mol. The van der Waals surface area contributed by atoms with Crippen molar-refractivity contribution in [1.82, 2.24) is 4.98 Å². The van der Waals surface area contributed by atoms with Gasteiger partial charge in [0.1, 0.15) is 5.56 Å². The quantitative estimate of drug-likeness (QED) is 0.673. The van der Waals surface area contributed by atoms with Gasteiger partial charge < -0.3 is 9.84 Å². The Bertz CT molecular complexity index is 508. The van der Waals surface area contributed by atoms with E-state index in [0.717, 1.165) is 0 Å². The van der Waals surface area contributed by atoms with Gasteiger partial charge in [0.2, 0.25) is 0 Å². The second-order valence-corrected chi connectivity index (χ2v) is 3.02. The molecule has 106 valence electrons. The van der Waals surface area contributed by atoms with Crippen molar-refractivity contribution >= 4 is 5.97 Å². The summed E-state index contributed by atoms with van der Waals surface area (Å²) in [6.07, 6.45) is -11.3. The van der Waals surface area contributed by atoms with Crippen molar-refractivity contribution in [3.05, 3.63) is 23.3 Å². The average molecular weight is 293 g/mol. The molecule has 1 heterocycles. The number of pyridine rings is 1. The molecule has 1 aromatic heterocycles. The largest absolute Gasteiger partial charge is 0.573 e. The van der Waals surface area contributed by atoms with E-state index >= 15 is 0 Å². The van der Waals surface area contributed by atoms with Crippen LogP contribution in [0.2, 0.25) is 0 Å². The highest BCUT2D eigenvalue weighted by atomic mass is 19.4. The van der Waals surface area contributed by atoms with Crippen molar-refractivity contribution in [1.29, 1.82) is 0 Å². The number of carboxylic acid groups (broad SMARTS) is 1. The lowest BCUT2D eigenvalue weighted by Crippen LogP contribution is -2.23. The van der Waals surface area contributed by atoms with E-state index in [-0.39, 0.29) is 6.20 Å². The fourth-order valence-corrected chi connectivity index (χ4v) is 1.12. The van der Waals surface area contributed by atoms with Crippen LogP contribution in [0.1, 0.15) is 15.9 Å². The third-order valence-electron chi connectivity index (χ3n) is 1.72. The molecule has 0 aliphatic heterocycles. The Morgan fingerprint density at radius 2 is 1.74 bits per heavy atom. The van der Waals surface area contributed by atoms with Crippen LogP contribution < -0.4 is 4.74 Å². The number of carboxylic acids is 1. The maximum atomic E-state index is 12.9. The molecule has 0 amide bonds. The summed E-state index contributed by atoms with van der Waals surface area (Å²) in [5.41, 5.74) is -4.06. The normalized spacial score (nSPS) is 12.4. The first kappa shape index (κ1) is 15.0. The van der Waals surface area contributed by atoms with Crippen molar-refractivity contribution in [2.75, 3.05) is 0 Å². The van der Waals surface area contributed by atoms with E-state index in [4.69, 9.17) is 5.11 Å². The minimum Gasteiger partial charge on any atom is -0.478 e. The van der Waals surface area contributed by atoms with E-state index in [1.807, 2.05) is 0 Å². The van der Waals surface area contributed by atoms with Gasteiger partial charge in [-0.1, -0.05) is 0 Å². The van der Waals surface area contributed by atoms with E-state index in [9.17, 15) is 35.5 Å². The molecule has 19 heavy (non-hydrogen) atoms. The molecule has 0 aromatic carbocycles. The van der Waals surface area contributed by atoms with Gasteiger partial charge >= 0.3 is 18.5 Å². The number of ether oxygens (including phenoxy) is 1. The highest BCUT2D eigenvalue weighted by Crippen LogP contribution is 2.41. The fourth-order valence-electron chi connectivity index (χ4n) is 1.12. The Kier molecular flexibility index (Phi) is 3.59. The van der Waals surface area contributed by atoms with Crippen LogP contribution in [0.5, 0.6) is 5.75 Å². The first-order chi connectivity index (χ1) is 8.43. The molecular formula is C8H2F7NO3. The van der Waals surface area contributed by atoms with Crippen molar-refractivity contribution in [3.63, 3.8) is 0 Å². The molecule has 0 fully saturated rings. The first-order valence-corrected chi connectivity index (χ1v) is 4.18.